The zero-order valence-electron chi connectivity index (χ0n) is 16.0. The van der Waals surface area contributed by atoms with Gasteiger partial charge in [0.25, 0.3) is 0 Å². The lowest BCUT2D eigenvalue weighted by atomic mass is 9.65. The lowest BCUT2D eigenvalue weighted by molar-refractivity contribution is 0.301. The molecule has 0 atom stereocenters. The number of anilines is 1. The first kappa shape index (κ1) is 18.4. The van der Waals surface area contributed by atoms with Crippen LogP contribution < -0.4 is 4.90 Å². The number of fused-ring (bicyclic) bond motifs is 1. The van der Waals surface area contributed by atoms with E-state index in [0.29, 0.717) is 12.4 Å². The van der Waals surface area contributed by atoms with Gasteiger partial charge in [-0.2, -0.15) is 10.4 Å². The molecule has 7 nitrogen and oxygen atoms in total. The molecular weight excluding hydrogens is 352 g/mol. The van der Waals surface area contributed by atoms with E-state index in [1.165, 1.54) is 6.33 Å². The molecule has 4 rings (SSSR count). The minimum Gasteiger partial charge on any atom is -0.395 e. The summed E-state index contributed by atoms with van der Waals surface area (Å²) in [6.07, 6.45) is 7.23. The Labute approximate surface area is 164 Å². The van der Waals surface area contributed by atoms with Crippen molar-refractivity contribution in [2.45, 2.75) is 38.0 Å². The zero-order valence-corrected chi connectivity index (χ0v) is 16.0. The molecule has 1 N–H and O–H groups in total. The number of rotatable bonds is 7. The van der Waals surface area contributed by atoms with Gasteiger partial charge in [-0.05, 0) is 37.3 Å². The van der Waals surface area contributed by atoms with Crippen LogP contribution in [-0.4, -0.2) is 44.6 Å². The fourth-order valence-electron chi connectivity index (χ4n) is 3.85. The van der Waals surface area contributed by atoms with Crippen molar-refractivity contribution in [3.8, 4) is 11.9 Å². The predicted molar refractivity (Wildman–Crippen MR) is 107 cm³/mol. The smallest absolute Gasteiger partial charge is 0.159 e. The first-order valence-corrected chi connectivity index (χ1v) is 9.78. The van der Waals surface area contributed by atoms with Crippen LogP contribution >= 0.6 is 0 Å². The van der Waals surface area contributed by atoms with Crippen molar-refractivity contribution in [1.29, 1.82) is 5.26 Å². The lowest BCUT2D eigenvalue weighted by Gasteiger charge is -2.35. The maximum Gasteiger partial charge on any atom is 0.159 e. The highest BCUT2D eigenvalue weighted by molar-refractivity contribution is 5.81. The highest BCUT2D eigenvalue weighted by Gasteiger charge is 2.39. The van der Waals surface area contributed by atoms with E-state index >= 15 is 0 Å². The molecule has 0 radical (unpaired) electrons. The topological polar surface area (TPSA) is 90.9 Å². The SMILES string of the molecule is CCCN(CCO)c1cc(-n2ncc3ccc(C4(C#N)CCC4)cc32)ncn1. The van der Waals surface area contributed by atoms with Crippen LogP contribution in [0, 0.1) is 11.3 Å². The van der Waals surface area contributed by atoms with Crippen LogP contribution in [0.5, 0.6) is 0 Å². The fraction of sp³-hybridized carbons (Fsp3) is 0.429. The van der Waals surface area contributed by atoms with Crippen LogP contribution in [0.3, 0.4) is 0 Å². The molecule has 0 amide bonds. The highest BCUT2D eigenvalue weighted by atomic mass is 16.3. The number of nitriles is 1. The third-order valence-electron chi connectivity index (χ3n) is 5.59. The number of aliphatic hydroxyl groups excluding tert-OH is 1. The van der Waals surface area contributed by atoms with E-state index in [-0.39, 0.29) is 12.0 Å². The number of hydrogen-bond acceptors (Lipinski definition) is 6. The van der Waals surface area contributed by atoms with Crippen molar-refractivity contribution in [1.82, 2.24) is 19.7 Å². The summed E-state index contributed by atoms with van der Waals surface area (Å²) in [5.41, 5.74) is 1.63. The van der Waals surface area contributed by atoms with Crippen molar-refractivity contribution >= 4 is 16.7 Å². The Kier molecular flexibility index (Phi) is 4.97. The van der Waals surface area contributed by atoms with Gasteiger partial charge in [-0.3, -0.25) is 0 Å². The van der Waals surface area contributed by atoms with E-state index in [4.69, 9.17) is 0 Å². The van der Waals surface area contributed by atoms with Crippen molar-refractivity contribution in [2.75, 3.05) is 24.6 Å². The largest absolute Gasteiger partial charge is 0.395 e. The van der Waals surface area contributed by atoms with E-state index in [1.807, 2.05) is 29.3 Å². The standard InChI is InChI=1S/C21H24N6O/c1-2-8-26(9-10-28)19-12-20(24-15-23-19)27-18-11-17(5-4-16(18)13-25-27)21(14-22)6-3-7-21/h4-5,11-13,15,28H,2-3,6-10H2,1H3. The van der Waals surface area contributed by atoms with Gasteiger partial charge in [-0.1, -0.05) is 19.1 Å². The minimum absolute atomic E-state index is 0.0731. The van der Waals surface area contributed by atoms with Gasteiger partial charge in [0, 0.05) is 24.5 Å². The quantitative estimate of drug-likeness (QED) is 0.682. The van der Waals surface area contributed by atoms with Crippen molar-refractivity contribution in [2.24, 2.45) is 0 Å². The van der Waals surface area contributed by atoms with Crippen LogP contribution in [0.25, 0.3) is 16.7 Å². The van der Waals surface area contributed by atoms with Crippen LogP contribution in [-0.2, 0) is 5.41 Å². The van der Waals surface area contributed by atoms with Gasteiger partial charge in [-0.25, -0.2) is 14.6 Å². The van der Waals surface area contributed by atoms with Gasteiger partial charge in [0.05, 0.1) is 29.8 Å². The third-order valence-corrected chi connectivity index (χ3v) is 5.59. The van der Waals surface area contributed by atoms with E-state index in [0.717, 1.165) is 54.5 Å². The van der Waals surface area contributed by atoms with Gasteiger partial charge in [0.2, 0.25) is 0 Å². The van der Waals surface area contributed by atoms with Crippen LogP contribution in [0.4, 0.5) is 5.82 Å². The van der Waals surface area contributed by atoms with Crippen molar-refractivity contribution in [3.63, 3.8) is 0 Å². The molecule has 3 aromatic rings. The Morgan fingerprint density at radius 1 is 1.25 bits per heavy atom. The molecule has 1 saturated carbocycles. The molecule has 144 valence electrons. The molecular formula is C21H24N6O. The van der Waals surface area contributed by atoms with E-state index in [9.17, 15) is 10.4 Å². The Hall–Kier alpha value is -2.98. The predicted octanol–water partition coefficient (Wildman–Crippen LogP) is 2.97. The maximum atomic E-state index is 9.68. The molecule has 1 aromatic carbocycles. The van der Waals surface area contributed by atoms with Crippen molar-refractivity contribution < 1.29 is 5.11 Å². The monoisotopic (exact) mass is 376 g/mol. The van der Waals surface area contributed by atoms with Crippen LogP contribution in [0.1, 0.15) is 38.2 Å². The molecule has 2 aromatic heterocycles. The van der Waals surface area contributed by atoms with Crippen LogP contribution in [0.15, 0.2) is 36.8 Å². The Morgan fingerprint density at radius 2 is 2.11 bits per heavy atom. The molecule has 0 bridgehead atoms. The molecule has 2 heterocycles. The van der Waals surface area contributed by atoms with Crippen LogP contribution in [0.2, 0.25) is 0 Å². The summed E-state index contributed by atoms with van der Waals surface area (Å²) in [5, 5.41) is 24.6. The minimum atomic E-state index is -0.362. The van der Waals surface area contributed by atoms with Crippen molar-refractivity contribution in [3.05, 3.63) is 42.4 Å². The third kappa shape index (κ3) is 3.10. The Balaban J connectivity index is 1.75. The van der Waals surface area contributed by atoms with Gasteiger partial charge < -0.3 is 10.0 Å². The molecule has 1 aliphatic rings. The second-order valence-corrected chi connectivity index (χ2v) is 7.32. The van der Waals surface area contributed by atoms with E-state index < -0.39 is 0 Å². The number of hydrogen-bond donors (Lipinski definition) is 1. The molecule has 7 heteroatoms. The number of nitrogens with zero attached hydrogens (tertiary/aromatic N) is 6. The summed E-state index contributed by atoms with van der Waals surface area (Å²) in [6.45, 7) is 3.51. The maximum absolute atomic E-state index is 9.68. The van der Waals surface area contributed by atoms with Gasteiger partial charge >= 0.3 is 0 Å². The molecule has 1 aliphatic carbocycles. The molecule has 28 heavy (non-hydrogen) atoms. The van der Waals surface area contributed by atoms with E-state index in [1.54, 1.807) is 4.68 Å². The number of aromatic nitrogens is 4. The average molecular weight is 376 g/mol. The van der Waals surface area contributed by atoms with Gasteiger partial charge in [0.1, 0.15) is 12.1 Å². The number of benzene rings is 1. The lowest BCUT2D eigenvalue weighted by Crippen LogP contribution is -2.32. The normalized spacial score (nSPS) is 15.2. The Morgan fingerprint density at radius 3 is 2.79 bits per heavy atom. The zero-order chi connectivity index (χ0) is 19.6. The summed E-state index contributed by atoms with van der Waals surface area (Å²) in [7, 11) is 0. The molecule has 1 fully saturated rings. The summed E-state index contributed by atoms with van der Waals surface area (Å²) in [6, 6.07) is 10.6. The molecule has 0 saturated heterocycles. The number of aliphatic hydroxyl groups is 1. The summed E-state index contributed by atoms with van der Waals surface area (Å²) >= 11 is 0. The van der Waals surface area contributed by atoms with Gasteiger partial charge in [0.15, 0.2) is 5.82 Å². The fourth-order valence-corrected chi connectivity index (χ4v) is 3.85. The van der Waals surface area contributed by atoms with Gasteiger partial charge in [-0.15, -0.1) is 0 Å². The van der Waals surface area contributed by atoms with E-state index in [2.05, 4.69) is 34.1 Å². The first-order valence-electron chi connectivity index (χ1n) is 9.78. The first-order chi connectivity index (χ1) is 13.7. The average Bonchev–Trinajstić information content (AvgIpc) is 3.11. The summed E-state index contributed by atoms with van der Waals surface area (Å²) in [5.74, 6) is 1.45. The summed E-state index contributed by atoms with van der Waals surface area (Å²) < 4.78 is 1.80. The second kappa shape index (κ2) is 7.56. The Bertz CT molecular complexity index is 1010. The second-order valence-electron chi connectivity index (χ2n) is 7.32. The molecule has 0 aliphatic heterocycles. The highest BCUT2D eigenvalue weighted by Crippen LogP contribution is 2.43. The molecule has 0 unspecified atom stereocenters. The summed E-state index contributed by atoms with van der Waals surface area (Å²) in [4.78, 5) is 10.8. The molecule has 0 spiro atoms.